The SMILES string of the molecule is Cc1cc(N)cnc1NCCCCNC(=O)OC(C)(C)C. The number of hydrogen-bond acceptors (Lipinski definition) is 5. The van der Waals surface area contributed by atoms with Crippen LogP contribution in [0.15, 0.2) is 12.3 Å². The molecular formula is C15H26N4O2. The van der Waals surface area contributed by atoms with E-state index in [0.29, 0.717) is 12.2 Å². The van der Waals surface area contributed by atoms with E-state index in [1.165, 1.54) is 0 Å². The molecule has 21 heavy (non-hydrogen) atoms. The van der Waals surface area contributed by atoms with Crippen LogP contribution in [0, 0.1) is 6.92 Å². The average Bonchev–Trinajstić information content (AvgIpc) is 2.33. The molecule has 4 N–H and O–H groups in total. The van der Waals surface area contributed by atoms with Crippen LogP contribution in [0.25, 0.3) is 0 Å². The predicted molar refractivity (Wildman–Crippen MR) is 85.3 cm³/mol. The topological polar surface area (TPSA) is 89.3 Å². The number of aromatic nitrogens is 1. The number of anilines is 2. The lowest BCUT2D eigenvalue weighted by molar-refractivity contribution is 0.0527. The summed E-state index contributed by atoms with van der Waals surface area (Å²) in [7, 11) is 0. The highest BCUT2D eigenvalue weighted by Crippen LogP contribution is 2.13. The normalized spacial score (nSPS) is 11.0. The summed E-state index contributed by atoms with van der Waals surface area (Å²) in [4.78, 5) is 15.7. The lowest BCUT2D eigenvalue weighted by Gasteiger charge is -2.19. The summed E-state index contributed by atoms with van der Waals surface area (Å²) < 4.78 is 5.15. The van der Waals surface area contributed by atoms with Crippen LogP contribution in [-0.2, 0) is 4.74 Å². The van der Waals surface area contributed by atoms with Gasteiger partial charge in [0.05, 0.1) is 11.9 Å². The van der Waals surface area contributed by atoms with Gasteiger partial charge in [-0.1, -0.05) is 0 Å². The van der Waals surface area contributed by atoms with E-state index in [1.54, 1.807) is 6.20 Å². The molecular weight excluding hydrogens is 268 g/mol. The molecule has 0 saturated heterocycles. The smallest absolute Gasteiger partial charge is 0.407 e. The number of unbranched alkanes of at least 4 members (excludes halogenated alkanes) is 1. The van der Waals surface area contributed by atoms with E-state index in [4.69, 9.17) is 10.5 Å². The van der Waals surface area contributed by atoms with Gasteiger partial charge in [0.15, 0.2) is 0 Å². The van der Waals surface area contributed by atoms with Gasteiger partial charge in [0, 0.05) is 13.1 Å². The molecule has 0 unspecified atom stereocenters. The van der Waals surface area contributed by atoms with Crippen molar-refractivity contribution in [2.24, 2.45) is 0 Å². The van der Waals surface area contributed by atoms with Crippen LogP contribution in [-0.4, -0.2) is 29.8 Å². The Morgan fingerprint density at radius 1 is 1.33 bits per heavy atom. The van der Waals surface area contributed by atoms with Crippen molar-refractivity contribution in [3.63, 3.8) is 0 Å². The van der Waals surface area contributed by atoms with E-state index < -0.39 is 5.60 Å². The largest absolute Gasteiger partial charge is 0.444 e. The molecule has 0 bridgehead atoms. The Kier molecular flexibility index (Phi) is 6.27. The van der Waals surface area contributed by atoms with Crippen LogP contribution in [0.3, 0.4) is 0 Å². The first-order valence-electron chi connectivity index (χ1n) is 7.21. The molecule has 0 aliphatic heterocycles. The number of hydrogen-bond donors (Lipinski definition) is 3. The summed E-state index contributed by atoms with van der Waals surface area (Å²) in [6, 6.07) is 1.89. The number of carbonyl (C=O) groups excluding carboxylic acids is 1. The number of alkyl carbamates (subject to hydrolysis) is 1. The number of nitrogens with zero attached hydrogens (tertiary/aromatic N) is 1. The first-order valence-corrected chi connectivity index (χ1v) is 7.21. The summed E-state index contributed by atoms with van der Waals surface area (Å²) in [6.45, 7) is 8.91. The molecule has 0 radical (unpaired) electrons. The highest BCUT2D eigenvalue weighted by Gasteiger charge is 2.15. The number of nitrogen functional groups attached to an aromatic ring is 1. The Morgan fingerprint density at radius 2 is 2.00 bits per heavy atom. The zero-order chi connectivity index (χ0) is 15.9. The van der Waals surface area contributed by atoms with Gasteiger partial charge in [-0.25, -0.2) is 9.78 Å². The Labute approximate surface area is 126 Å². The molecule has 0 aliphatic rings. The molecule has 0 aromatic carbocycles. The minimum Gasteiger partial charge on any atom is -0.444 e. The minimum atomic E-state index is -0.454. The molecule has 1 aromatic heterocycles. The summed E-state index contributed by atoms with van der Waals surface area (Å²) in [5.74, 6) is 0.851. The van der Waals surface area contributed by atoms with Gasteiger partial charge in [-0.15, -0.1) is 0 Å². The van der Waals surface area contributed by atoms with Crippen molar-refractivity contribution in [1.82, 2.24) is 10.3 Å². The van der Waals surface area contributed by atoms with Gasteiger partial charge in [0.25, 0.3) is 0 Å². The van der Waals surface area contributed by atoms with Crippen LogP contribution in [0.2, 0.25) is 0 Å². The first-order chi connectivity index (χ1) is 9.78. The molecule has 6 heteroatoms. The van der Waals surface area contributed by atoms with Crippen molar-refractivity contribution >= 4 is 17.6 Å². The molecule has 1 heterocycles. The molecule has 0 spiro atoms. The molecule has 6 nitrogen and oxygen atoms in total. The summed E-state index contributed by atoms with van der Waals surface area (Å²) in [5.41, 5.74) is 6.89. The zero-order valence-electron chi connectivity index (χ0n) is 13.3. The van der Waals surface area contributed by atoms with Crippen molar-refractivity contribution in [3.05, 3.63) is 17.8 Å². The van der Waals surface area contributed by atoms with E-state index in [1.807, 2.05) is 33.8 Å². The van der Waals surface area contributed by atoms with Gasteiger partial charge in [-0.3, -0.25) is 0 Å². The first kappa shape index (κ1) is 17.1. The molecule has 1 rings (SSSR count). The fraction of sp³-hybridized carbons (Fsp3) is 0.600. The Hall–Kier alpha value is -1.98. The Bertz CT molecular complexity index is 469. The summed E-state index contributed by atoms with van der Waals surface area (Å²) in [6.07, 6.45) is 3.08. The second kappa shape index (κ2) is 7.71. The quantitative estimate of drug-likeness (QED) is 0.702. The van der Waals surface area contributed by atoms with Crippen LogP contribution >= 0.6 is 0 Å². The van der Waals surface area contributed by atoms with Gasteiger partial charge < -0.3 is 21.1 Å². The van der Waals surface area contributed by atoms with Gasteiger partial charge in [0.1, 0.15) is 11.4 Å². The second-order valence-corrected chi connectivity index (χ2v) is 6.00. The second-order valence-electron chi connectivity index (χ2n) is 6.00. The monoisotopic (exact) mass is 294 g/mol. The maximum atomic E-state index is 11.4. The molecule has 0 saturated carbocycles. The van der Waals surface area contributed by atoms with E-state index in [-0.39, 0.29) is 6.09 Å². The minimum absolute atomic E-state index is 0.369. The number of ether oxygens (including phenoxy) is 1. The number of carbonyl (C=O) groups is 1. The zero-order valence-corrected chi connectivity index (χ0v) is 13.3. The summed E-state index contributed by atoms with van der Waals surface area (Å²) >= 11 is 0. The number of amides is 1. The standard InChI is InChI=1S/C15H26N4O2/c1-11-9-12(16)10-19-13(11)17-7-5-6-8-18-14(20)21-15(2,3)4/h9-10H,5-8,16H2,1-4H3,(H,17,19)(H,18,20). The number of pyridine rings is 1. The molecule has 1 aromatic rings. The van der Waals surface area contributed by atoms with Crippen molar-refractivity contribution in [2.45, 2.75) is 46.1 Å². The average molecular weight is 294 g/mol. The van der Waals surface area contributed by atoms with Crippen molar-refractivity contribution in [1.29, 1.82) is 0 Å². The van der Waals surface area contributed by atoms with Gasteiger partial charge in [-0.2, -0.15) is 0 Å². The number of rotatable bonds is 6. The third-order valence-electron chi connectivity index (χ3n) is 2.66. The van der Waals surface area contributed by atoms with E-state index in [9.17, 15) is 4.79 Å². The van der Waals surface area contributed by atoms with Crippen LogP contribution in [0.1, 0.15) is 39.2 Å². The highest BCUT2D eigenvalue weighted by molar-refractivity contribution is 5.67. The fourth-order valence-electron chi connectivity index (χ4n) is 1.74. The number of aryl methyl sites for hydroxylation is 1. The Balaban J connectivity index is 2.13. The number of nitrogens with two attached hydrogens (primary N) is 1. The van der Waals surface area contributed by atoms with E-state index >= 15 is 0 Å². The van der Waals surface area contributed by atoms with E-state index in [0.717, 1.165) is 30.8 Å². The summed E-state index contributed by atoms with van der Waals surface area (Å²) in [5, 5.41) is 5.99. The third kappa shape index (κ3) is 7.39. The lowest BCUT2D eigenvalue weighted by atomic mass is 10.2. The molecule has 118 valence electrons. The van der Waals surface area contributed by atoms with Crippen molar-refractivity contribution in [3.8, 4) is 0 Å². The van der Waals surface area contributed by atoms with E-state index in [2.05, 4.69) is 15.6 Å². The number of nitrogens with one attached hydrogen (secondary N) is 2. The maximum absolute atomic E-state index is 11.4. The predicted octanol–water partition coefficient (Wildman–Crippen LogP) is 2.69. The fourth-order valence-corrected chi connectivity index (χ4v) is 1.74. The highest BCUT2D eigenvalue weighted by atomic mass is 16.6. The molecule has 0 fully saturated rings. The van der Waals surface area contributed by atoms with Gasteiger partial charge in [0.2, 0.25) is 0 Å². The van der Waals surface area contributed by atoms with Gasteiger partial charge in [-0.05, 0) is 52.2 Å². The van der Waals surface area contributed by atoms with Crippen molar-refractivity contribution < 1.29 is 9.53 Å². The third-order valence-corrected chi connectivity index (χ3v) is 2.66. The van der Waals surface area contributed by atoms with Crippen LogP contribution in [0.5, 0.6) is 0 Å². The van der Waals surface area contributed by atoms with Crippen LogP contribution < -0.4 is 16.4 Å². The van der Waals surface area contributed by atoms with Crippen molar-refractivity contribution in [2.75, 3.05) is 24.1 Å². The molecule has 0 atom stereocenters. The maximum Gasteiger partial charge on any atom is 0.407 e. The van der Waals surface area contributed by atoms with Crippen LogP contribution in [0.4, 0.5) is 16.3 Å². The van der Waals surface area contributed by atoms with Gasteiger partial charge >= 0.3 is 6.09 Å². The molecule has 1 amide bonds. The lowest BCUT2D eigenvalue weighted by Crippen LogP contribution is -2.33. The Morgan fingerprint density at radius 3 is 2.62 bits per heavy atom. The molecule has 0 aliphatic carbocycles.